The lowest BCUT2D eigenvalue weighted by atomic mass is 10.1. The van der Waals surface area contributed by atoms with Gasteiger partial charge >= 0.3 is 5.69 Å². The number of nitrogens with zero attached hydrogens (tertiary/aromatic N) is 4. The molecule has 1 aromatic rings. The van der Waals surface area contributed by atoms with Gasteiger partial charge in [0.2, 0.25) is 5.82 Å². The number of hydrogen-bond acceptors (Lipinski definition) is 6. The molecule has 3 heterocycles. The van der Waals surface area contributed by atoms with E-state index in [9.17, 15) is 10.1 Å². The van der Waals surface area contributed by atoms with Crippen LogP contribution in [0.2, 0.25) is 0 Å². The number of aromatic nitrogens is 1. The second-order valence-corrected chi connectivity index (χ2v) is 6.57. The molecule has 2 aliphatic heterocycles. The van der Waals surface area contributed by atoms with Gasteiger partial charge in [-0.15, -0.1) is 0 Å². The third kappa shape index (κ3) is 3.61. The van der Waals surface area contributed by atoms with Crippen LogP contribution in [0.1, 0.15) is 26.7 Å². The van der Waals surface area contributed by atoms with Crippen LogP contribution in [-0.4, -0.2) is 59.2 Å². The number of anilines is 1. The first kappa shape index (κ1) is 16.1. The van der Waals surface area contributed by atoms with Crippen molar-refractivity contribution in [1.29, 1.82) is 0 Å². The fraction of sp³-hybridized carbons (Fsp3) is 0.688. The lowest BCUT2D eigenvalue weighted by Gasteiger charge is -2.38. The summed E-state index contributed by atoms with van der Waals surface area (Å²) < 4.78 is 5.79. The predicted molar refractivity (Wildman–Crippen MR) is 87.7 cm³/mol. The quantitative estimate of drug-likeness (QED) is 0.625. The van der Waals surface area contributed by atoms with Crippen LogP contribution in [0.3, 0.4) is 0 Å². The molecule has 0 bridgehead atoms. The van der Waals surface area contributed by atoms with Crippen LogP contribution in [0, 0.1) is 10.1 Å². The van der Waals surface area contributed by atoms with Crippen molar-refractivity contribution < 1.29 is 9.66 Å². The van der Waals surface area contributed by atoms with E-state index >= 15 is 0 Å². The van der Waals surface area contributed by atoms with Crippen molar-refractivity contribution in [3.63, 3.8) is 0 Å². The molecule has 0 aliphatic carbocycles. The summed E-state index contributed by atoms with van der Waals surface area (Å²) in [4.78, 5) is 19.8. The molecule has 2 aliphatic rings. The molecule has 0 unspecified atom stereocenters. The van der Waals surface area contributed by atoms with Crippen LogP contribution >= 0.6 is 0 Å². The van der Waals surface area contributed by atoms with Crippen LogP contribution in [0.5, 0.6) is 0 Å². The van der Waals surface area contributed by atoms with Crippen molar-refractivity contribution in [1.82, 2.24) is 9.88 Å². The lowest BCUT2D eigenvalue weighted by molar-refractivity contribution is -0.384. The average molecular weight is 320 g/mol. The summed E-state index contributed by atoms with van der Waals surface area (Å²) >= 11 is 0. The number of nitro groups is 1. The molecule has 0 radical (unpaired) electrons. The summed E-state index contributed by atoms with van der Waals surface area (Å²) in [6.45, 7) is 7.76. The van der Waals surface area contributed by atoms with Crippen LogP contribution in [-0.2, 0) is 4.74 Å². The lowest BCUT2D eigenvalue weighted by Crippen LogP contribution is -2.50. The highest BCUT2D eigenvalue weighted by Gasteiger charge is 2.33. The SMILES string of the molecule is C[C@@H]1CN(C[C@@H]2CCCN2c2ncccc2[N+](=O)[O-])C[C@@H](C)O1. The minimum atomic E-state index is -0.337. The summed E-state index contributed by atoms with van der Waals surface area (Å²) in [5.74, 6) is 0.509. The number of morpholine rings is 1. The first-order valence-corrected chi connectivity index (χ1v) is 8.28. The summed E-state index contributed by atoms with van der Waals surface area (Å²) in [5, 5.41) is 11.3. The fourth-order valence-electron chi connectivity index (χ4n) is 3.79. The van der Waals surface area contributed by atoms with Gasteiger partial charge in [-0.1, -0.05) is 0 Å². The Morgan fingerprint density at radius 3 is 2.83 bits per heavy atom. The second-order valence-electron chi connectivity index (χ2n) is 6.57. The highest BCUT2D eigenvalue weighted by atomic mass is 16.6. The third-order valence-electron chi connectivity index (χ3n) is 4.58. The van der Waals surface area contributed by atoms with E-state index < -0.39 is 0 Å². The van der Waals surface area contributed by atoms with Gasteiger partial charge in [-0.3, -0.25) is 15.0 Å². The molecule has 1 aromatic heterocycles. The number of pyridine rings is 1. The zero-order valence-electron chi connectivity index (χ0n) is 13.7. The van der Waals surface area contributed by atoms with Crippen molar-refractivity contribution in [2.24, 2.45) is 0 Å². The standard InChI is InChI=1S/C16H24N4O3/c1-12-9-18(10-13(2)23-12)11-14-5-4-8-19(14)16-15(20(21)22)6-3-7-17-16/h3,6-7,12-14H,4-5,8-11H2,1-2H3/t12-,13-,14+/m1/s1. The maximum atomic E-state index is 11.3. The van der Waals surface area contributed by atoms with Crippen molar-refractivity contribution in [2.45, 2.75) is 44.9 Å². The Labute approximate surface area is 136 Å². The fourth-order valence-corrected chi connectivity index (χ4v) is 3.79. The number of ether oxygens (including phenoxy) is 1. The largest absolute Gasteiger partial charge is 0.373 e. The monoisotopic (exact) mass is 320 g/mol. The predicted octanol–water partition coefficient (Wildman–Crippen LogP) is 2.07. The topological polar surface area (TPSA) is 71.7 Å². The Morgan fingerprint density at radius 2 is 2.13 bits per heavy atom. The van der Waals surface area contributed by atoms with Crippen LogP contribution < -0.4 is 4.90 Å². The van der Waals surface area contributed by atoms with E-state index in [-0.39, 0.29) is 28.9 Å². The molecule has 3 atom stereocenters. The van der Waals surface area contributed by atoms with Gasteiger partial charge in [0.15, 0.2) is 0 Å². The van der Waals surface area contributed by atoms with Gasteiger partial charge in [0.1, 0.15) is 0 Å². The van der Waals surface area contributed by atoms with Gasteiger partial charge in [-0.05, 0) is 32.8 Å². The van der Waals surface area contributed by atoms with Crippen LogP contribution in [0.4, 0.5) is 11.5 Å². The average Bonchev–Trinajstić information content (AvgIpc) is 2.94. The molecule has 23 heavy (non-hydrogen) atoms. The van der Waals surface area contributed by atoms with E-state index in [1.165, 1.54) is 6.07 Å². The molecule has 2 saturated heterocycles. The molecule has 3 rings (SSSR count). The summed E-state index contributed by atoms with van der Waals surface area (Å²) in [7, 11) is 0. The van der Waals surface area contributed by atoms with E-state index in [1.807, 2.05) is 0 Å². The van der Waals surface area contributed by atoms with E-state index in [1.54, 1.807) is 12.3 Å². The molecule has 0 amide bonds. The highest BCUT2D eigenvalue weighted by molar-refractivity contribution is 5.58. The molecule has 0 N–H and O–H groups in total. The second kappa shape index (κ2) is 6.80. The molecular weight excluding hydrogens is 296 g/mol. The molecule has 7 heteroatoms. The van der Waals surface area contributed by atoms with Crippen LogP contribution in [0.25, 0.3) is 0 Å². The molecule has 0 spiro atoms. The summed E-state index contributed by atoms with van der Waals surface area (Å²) in [6.07, 6.45) is 4.20. The van der Waals surface area contributed by atoms with Crippen LogP contribution in [0.15, 0.2) is 18.3 Å². The smallest absolute Gasteiger partial charge is 0.311 e. The molecular formula is C16H24N4O3. The van der Waals surface area contributed by atoms with Crippen molar-refractivity contribution >= 4 is 11.5 Å². The zero-order chi connectivity index (χ0) is 16.4. The Hall–Kier alpha value is -1.73. The first-order valence-electron chi connectivity index (χ1n) is 8.28. The van der Waals surface area contributed by atoms with Crippen molar-refractivity contribution in [3.05, 3.63) is 28.4 Å². The van der Waals surface area contributed by atoms with Gasteiger partial charge in [0.25, 0.3) is 0 Å². The first-order chi connectivity index (χ1) is 11.0. The van der Waals surface area contributed by atoms with Gasteiger partial charge < -0.3 is 9.64 Å². The minimum Gasteiger partial charge on any atom is -0.373 e. The minimum absolute atomic E-state index is 0.100. The molecule has 7 nitrogen and oxygen atoms in total. The van der Waals surface area contributed by atoms with Gasteiger partial charge in [-0.2, -0.15) is 0 Å². The molecule has 2 fully saturated rings. The van der Waals surface area contributed by atoms with Gasteiger partial charge in [0, 0.05) is 44.5 Å². The molecule has 126 valence electrons. The Kier molecular flexibility index (Phi) is 4.77. The summed E-state index contributed by atoms with van der Waals surface area (Å²) in [6, 6.07) is 3.44. The van der Waals surface area contributed by atoms with Crippen molar-refractivity contribution in [2.75, 3.05) is 31.1 Å². The zero-order valence-corrected chi connectivity index (χ0v) is 13.7. The van der Waals surface area contributed by atoms with E-state index in [0.717, 1.165) is 39.0 Å². The van der Waals surface area contributed by atoms with E-state index in [4.69, 9.17) is 4.74 Å². The maximum absolute atomic E-state index is 11.3. The molecule has 0 saturated carbocycles. The maximum Gasteiger partial charge on any atom is 0.311 e. The van der Waals surface area contributed by atoms with Crippen molar-refractivity contribution in [3.8, 4) is 0 Å². The Balaban J connectivity index is 1.74. The van der Waals surface area contributed by atoms with E-state index in [0.29, 0.717) is 5.82 Å². The normalized spacial score (nSPS) is 29.0. The Bertz CT molecular complexity index is 558. The highest BCUT2D eigenvalue weighted by Crippen LogP contribution is 2.31. The number of hydrogen-bond donors (Lipinski definition) is 0. The van der Waals surface area contributed by atoms with E-state index in [2.05, 4.69) is 28.6 Å². The van der Waals surface area contributed by atoms with Gasteiger partial charge in [-0.25, -0.2) is 4.98 Å². The number of rotatable bonds is 4. The van der Waals surface area contributed by atoms with Gasteiger partial charge in [0.05, 0.1) is 17.1 Å². The third-order valence-corrected chi connectivity index (χ3v) is 4.58. The molecule has 0 aromatic carbocycles. The Morgan fingerprint density at radius 1 is 1.39 bits per heavy atom. The summed E-state index contributed by atoms with van der Waals surface area (Å²) in [5.41, 5.74) is 0.100.